The molecular weight excluding hydrogens is 306 g/mol. The van der Waals surface area contributed by atoms with Gasteiger partial charge in [-0.2, -0.15) is 0 Å². The Kier molecular flexibility index (Phi) is 3.55. The number of rotatable bonds is 3. The van der Waals surface area contributed by atoms with Crippen molar-refractivity contribution in [2.24, 2.45) is 4.99 Å². The van der Waals surface area contributed by atoms with E-state index in [1.54, 1.807) is 23.9 Å². The molecule has 1 aromatic heterocycles. The highest BCUT2D eigenvalue weighted by Crippen LogP contribution is 2.32. The molecule has 1 unspecified atom stereocenters. The number of aromatic amines is 1. The Morgan fingerprint density at radius 1 is 1.17 bits per heavy atom. The Labute approximate surface area is 138 Å². The average Bonchev–Trinajstić information content (AvgIpc) is 3.16. The molecule has 1 aliphatic rings. The van der Waals surface area contributed by atoms with Crippen LogP contribution in [-0.4, -0.2) is 21.8 Å². The van der Waals surface area contributed by atoms with Crippen LogP contribution in [0.25, 0.3) is 17.0 Å². The molecule has 0 bridgehead atoms. The van der Waals surface area contributed by atoms with E-state index in [1.807, 2.05) is 36.7 Å². The predicted octanol–water partition coefficient (Wildman–Crippen LogP) is 4.43. The van der Waals surface area contributed by atoms with E-state index in [2.05, 4.69) is 33.5 Å². The molecule has 1 atom stereocenters. The molecule has 5 heteroatoms. The minimum absolute atomic E-state index is 0.0757. The van der Waals surface area contributed by atoms with Crippen molar-refractivity contribution in [3.05, 3.63) is 65.2 Å². The van der Waals surface area contributed by atoms with Gasteiger partial charge >= 0.3 is 0 Å². The fraction of sp³-hybridized carbons (Fsp3) is 0.0556. The molecular formula is C18H15N3OS. The van der Waals surface area contributed by atoms with E-state index in [-0.39, 0.29) is 11.2 Å². The van der Waals surface area contributed by atoms with E-state index in [4.69, 9.17) is 0 Å². The van der Waals surface area contributed by atoms with Crippen LogP contribution in [0, 0.1) is 0 Å². The van der Waals surface area contributed by atoms with Crippen molar-refractivity contribution in [2.75, 3.05) is 5.32 Å². The van der Waals surface area contributed by atoms with Gasteiger partial charge in [-0.05, 0) is 24.3 Å². The summed E-state index contributed by atoms with van der Waals surface area (Å²) in [5, 5.41) is 14.0. The fourth-order valence-electron chi connectivity index (χ4n) is 2.57. The van der Waals surface area contributed by atoms with Gasteiger partial charge in [-0.25, -0.2) is 0 Å². The van der Waals surface area contributed by atoms with E-state index in [0.29, 0.717) is 0 Å². The quantitative estimate of drug-likeness (QED) is 0.669. The van der Waals surface area contributed by atoms with E-state index < -0.39 is 0 Å². The van der Waals surface area contributed by atoms with Crippen molar-refractivity contribution < 1.29 is 5.11 Å². The predicted molar refractivity (Wildman–Crippen MR) is 97.9 cm³/mol. The van der Waals surface area contributed by atoms with Crippen LogP contribution >= 0.6 is 11.8 Å². The molecule has 0 radical (unpaired) electrons. The lowest BCUT2D eigenvalue weighted by Gasteiger charge is -2.10. The second-order valence-electron chi connectivity index (χ2n) is 5.28. The molecule has 0 amide bonds. The van der Waals surface area contributed by atoms with Crippen LogP contribution in [0.3, 0.4) is 0 Å². The maximum atomic E-state index is 9.51. The number of nitrogens with zero attached hydrogens (tertiary/aromatic N) is 1. The Balaban J connectivity index is 1.51. The third kappa shape index (κ3) is 2.96. The summed E-state index contributed by atoms with van der Waals surface area (Å²) in [5.74, 6) is 0.247. The maximum absolute atomic E-state index is 9.51. The van der Waals surface area contributed by atoms with Crippen LogP contribution in [0.5, 0.6) is 5.75 Å². The summed E-state index contributed by atoms with van der Waals surface area (Å²) < 4.78 is 0. The number of H-pyrrole nitrogens is 1. The van der Waals surface area contributed by atoms with E-state index in [0.717, 1.165) is 21.7 Å². The molecule has 0 saturated heterocycles. The standard InChI is InChI=1S/C18H15N3OS/c22-14-5-3-4-13(9-14)21-18-20-11-15(23-18)8-12-10-19-17-7-2-1-6-16(12)17/h1-11,18-19,21-22H/b15-8-. The number of anilines is 1. The molecule has 0 spiro atoms. The summed E-state index contributed by atoms with van der Waals surface area (Å²) in [7, 11) is 0. The number of aliphatic imine (C=N–C) groups is 1. The number of hydrogen-bond acceptors (Lipinski definition) is 4. The number of thioether (sulfide) groups is 1. The Bertz CT molecular complexity index is 913. The molecule has 3 aromatic rings. The van der Waals surface area contributed by atoms with Gasteiger partial charge in [0.1, 0.15) is 5.75 Å². The topological polar surface area (TPSA) is 60.4 Å². The highest BCUT2D eigenvalue weighted by atomic mass is 32.2. The summed E-state index contributed by atoms with van der Waals surface area (Å²) in [6.45, 7) is 0. The highest BCUT2D eigenvalue weighted by molar-refractivity contribution is 8.05. The van der Waals surface area contributed by atoms with Gasteiger partial charge in [-0.15, -0.1) is 0 Å². The first-order chi connectivity index (χ1) is 11.3. The molecule has 0 saturated carbocycles. The molecule has 23 heavy (non-hydrogen) atoms. The number of aromatic hydroxyl groups is 1. The lowest BCUT2D eigenvalue weighted by molar-refractivity contribution is 0.475. The van der Waals surface area contributed by atoms with Gasteiger partial charge in [0.15, 0.2) is 5.50 Å². The van der Waals surface area contributed by atoms with Crippen molar-refractivity contribution in [2.45, 2.75) is 5.50 Å². The largest absolute Gasteiger partial charge is 0.508 e. The van der Waals surface area contributed by atoms with Gasteiger partial charge < -0.3 is 15.4 Å². The first kappa shape index (κ1) is 14.0. The minimum atomic E-state index is -0.0757. The summed E-state index contributed by atoms with van der Waals surface area (Å²) in [6, 6.07) is 15.3. The van der Waals surface area contributed by atoms with Gasteiger partial charge in [0.25, 0.3) is 0 Å². The third-order valence-electron chi connectivity index (χ3n) is 3.64. The molecule has 114 valence electrons. The fourth-order valence-corrected chi connectivity index (χ4v) is 3.47. The Morgan fingerprint density at radius 3 is 3.00 bits per heavy atom. The first-order valence-corrected chi connectivity index (χ1v) is 8.19. The van der Waals surface area contributed by atoms with Crippen LogP contribution in [0.4, 0.5) is 5.69 Å². The number of nitrogens with one attached hydrogen (secondary N) is 2. The van der Waals surface area contributed by atoms with Gasteiger partial charge in [0.2, 0.25) is 0 Å². The number of fused-ring (bicyclic) bond motifs is 1. The SMILES string of the molecule is Oc1cccc(NC2N=C/C(=C/c3c[nH]c4ccccc34)S2)c1. The van der Waals surface area contributed by atoms with Crippen molar-refractivity contribution >= 4 is 40.6 Å². The normalized spacial score (nSPS) is 18.8. The van der Waals surface area contributed by atoms with Gasteiger partial charge in [-0.1, -0.05) is 36.0 Å². The molecule has 4 rings (SSSR count). The van der Waals surface area contributed by atoms with Gasteiger partial charge in [0, 0.05) is 45.5 Å². The molecule has 4 nitrogen and oxygen atoms in total. The van der Waals surface area contributed by atoms with Gasteiger partial charge in [-0.3, -0.25) is 4.99 Å². The Morgan fingerprint density at radius 2 is 2.09 bits per heavy atom. The number of para-hydroxylation sites is 1. The Hall–Kier alpha value is -2.66. The first-order valence-electron chi connectivity index (χ1n) is 7.31. The number of phenolic OH excluding ortho intramolecular Hbond substituents is 1. The monoisotopic (exact) mass is 321 g/mol. The second-order valence-corrected chi connectivity index (χ2v) is 6.43. The van der Waals surface area contributed by atoms with Crippen molar-refractivity contribution in [1.29, 1.82) is 0 Å². The minimum Gasteiger partial charge on any atom is -0.508 e. The third-order valence-corrected chi connectivity index (χ3v) is 4.60. The van der Waals surface area contributed by atoms with Crippen LogP contribution < -0.4 is 5.32 Å². The second kappa shape index (κ2) is 5.85. The maximum Gasteiger partial charge on any atom is 0.171 e. The zero-order chi connectivity index (χ0) is 15.6. The number of aromatic nitrogens is 1. The van der Waals surface area contributed by atoms with Crippen molar-refractivity contribution in [1.82, 2.24) is 4.98 Å². The molecule has 1 aliphatic heterocycles. The molecule has 3 N–H and O–H groups in total. The molecule has 2 heterocycles. The molecule has 0 aliphatic carbocycles. The highest BCUT2D eigenvalue weighted by Gasteiger charge is 2.16. The number of benzene rings is 2. The van der Waals surface area contributed by atoms with Crippen LogP contribution in [-0.2, 0) is 0 Å². The van der Waals surface area contributed by atoms with Crippen molar-refractivity contribution in [3.63, 3.8) is 0 Å². The van der Waals surface area contributed by atoms with E-state index >= 15 is 0 Å². The lowest BCUT2D eigenvalue weighted by atomic mass is 10.1. The van der Waals surface area contributed by atoms with E-state index in [9.17, 15) is 5.11 Å². The summed E-state index contributed by atoms with van der Waals surface area (Å²) in [6.07, 6.45) is 6.03. The molecule has 0 fully saturated rings. The summed E-state index contributed by atoms with van der Waals surface area (Å²) >= 11 is 1.65. The zero-order valence-corrected chi connectivity index (χ0v) is 13.0. The van der Waals surface area contributed by atoms with E-state index in [1.165, 1.54) is 5.39 Å². The van der Waals surface area contributed by atoms with Crippen LogP contribution in [0.15, 0.2) is 64.6 Å². The average molecular weight is 321 g/mol. The number of hydrogen-bond donors (Lipinski definition) is 3. The number of allylic oxidation sites excluding steroid dienone is 1. The summed E-state index contributed by atoms with van der Waals surface area (Å²) in [5.41, 5.74) is 3.07. The lowest BCUT2D eigenvalue weighted by Crippen LogP contribution is -2.09. The van der Waals surface area contributed by atoms with Gasteiger partial charge in [0.05, 0.1) is 0 Å². The number of phenols is 1. The smallest absolute Gasteiger partial charge is 0.171 e. The van der Waals surface area contributed by atoms with Crippen LogP contribution in [0.2, 0.25) is 0 Å². The zero-order valence-electron chi connectivity index (χ0n) is 12.2. The van der Waals surface area contributed by atoms with Crippen LogP contribution in [0.1, 0.15) is 5.56 Å². The molecule has 2 aromatic carbocycles. The van der Waals surface area contributed by atoms with Crippen molar-refractivity contribution in [3.8, 4) is 5.75 Å². The summed E-state index contributed by atoms with van der Waals surface area (Å²) in [4.78, 5) is 8.85.